The van der Waals surface area contributed by atoms with Crippen molar-refractivity contribution in [1.82, 2.24) is 0 Å². The SMILES string of the molecule is CCOP(=O)(Cc1ccc(/C=C/c2ccc(N(c3ccccc3)c3ccccc3)cc2)cc1)OCC. The third-order valence-corrected chi connectivity index (χ3v) is 7.71. The summed E-state index contributed by atoms with van der Waals surface area (Å²) in [5.41, 5.74) is 6.45. The predicted octanol–water partition coefficient (Wildman–Crippen LogP) is 9.09. The highest BCUT2D eigenvalue weighted by molar-refractivity contribution is 7.53. The lowest BCUT2D eigenvalue weighted by atomic mass is 10.1. The van der Waals surface area contributed by atoms with Gasteiger partial charge in [-0.1, -0.05) is 84.9 Å². The van der Waals surface area contributed by atoms with Gasteiger partial charge in [-0.05, 0) is 66.9 Å². The Hall–Kier alpha value is -3.43. The average molecular weight is 498 g/mol. The van der Waals surface area contributed by atoms with E-state index in [9.17, 15) is 4.57 Å². The molecule has 4 aromatic rings. The molecule has 184 valence electrons. The second kappa shape index (κ2) is 12.5. The van der Waals surface area contributed by atoms with Crippen LogP contribution in [0.25, 0.3) is 12.2 Å². The van der Waals surface area contributed by atoms with Crippen molar-refractivity contribution in [2.45, 2.75) is 20.0 Å². The second-order valence-electron chi connectivity index (χ2n) is 8.28. The number of hydrogen-bond donors (Lipinski definition) is 0. The van der Waals surface area contributed by atoms with Gasteiger partial charge in [0.05, 0.1) is 19.4 Å². The molecular formula is C31H32NO3P. The first kappa shape index (κ1) is 25.7. The van der Waals surface area contributed by atoms with E-state index in [0.717, 1.165) is 33.8 Å². The molecule has 0 aliphatic heterocycles. The Kier molecular flexibility index (Phi) is 8.91. The van der Waals surface area contributed by atoms with Crippen molar-refractivity contribution in [3.63, 3.8) is 0 Å². The maximum atomic E-state index is 12.8. The molecule has 4 nitrogen and oxygen atoms in total. The molecule has 0 aliphatic rings. The minimum atomic E-state index is -3.10. The van der Waals surface area contributed by atoms with Crippen LogP contribution in [0.2, 0.25) is 0 Å². The van der Waals surface area contributed by atoms with E-state index in [1.54, 1.807) is 0 Å². The number of para-hydroxylation sites is 2. The molecule has 0 bridgehead atoms. The largest absolute Gasteiger partial charge is 0.335 e. The van der Waals surface area contributed by atoms with Gasteiger partial charge in [-0.2, -0.15) is 0 Å². The van der Waals surface area contributed by atoms with Crippen molar-refractivity contribution < 1.29 is 13.6 Å². The predicted molar refractivity (Wildman–Crippen MR) is 151 cm³/mol. The summed E-state index contributed by atoms with van der Waals surface area (Å²) in [5, 5.41) is 0. The molecule has 0 saturated heterocycles. The molecule has 0 amide bonds. The van der Waals surface area contributed by atoms with Gasteiger partial charge in [-0.3, -0.25) is 4.57 Å². The van der Waals surface area contributed by atoms with Gasteiger partial charge >= 0.3 is 7.60 Å². The molecule has 0 spiro atoms. The Morgan fingerprint density at radius 3 is 1.47 bits per heavy atom. The summed E-state index contributed by atoms with van der Waals surface area (Å²) >= 11 is 0. The van der Waals surface area contributed by atoms with Gasteiger partial charge in [-0.25, -0.2) is 0 Å². The summed E-state index contributed by atoms with van der Waals surface area (Å²) < 4.78 is 23.6. The molecule has 5 heteroatoms. The fourth-order valence-electron chi connectivity index (χ4n) is 4.01. The van der Waals surface area contributed by atoms with Gasteiger partial charge in [0.1, 0.15) is 0 Å². The number of benzene rings is 4. The van der Waals surface area contributed by atoms with E-state index >= 15 is 0 Å². The molecule has 0 aliphatic carbocycles. The van der Waals surface area contributed by atoms with E-state index in [2.05, 4.69) is 89.8 Å². The highest BCUT2D eigenvalue weighted by Crippen LogP contribution is 2.51. The van der Waals surface area contributed by atoms with E-state index in [0.29, 0.717) is 13.2 Å². The molecule has 0 atom stereocenters. The Labute approximate surface area is 214 Å². The normalized spacial score (nSPS) is 11.6. The lowest BCUT2D eigenvalue weighted by molar-refractivity contribution is 0.219. The van der Waals surface area contributed by atoms with Crippen molar-refractivity contribution in [3.05, 3.63) is 126 Å². The van der Waals surface area contributed by atoms with E-state index in [-0.39, 0.29) is 6.16 Å². The Morgan fingerprint density at radius 1 is 0.611 bits per heavy atom. The van der Waals surface area contributed by atoms with Crippen molar-refractivity contribution in [1.29, 1.82) is 0 Å². The third kappa shape index (κ3) is 6.83. The first-order chi connectivity index (χ1) is 17.6. The van der Waals surface area contributed by atoms with Crippen LogP contribution in [0.4, 0.5) is 17.1 Å². The Bertz CT molecular complexity index is 1240. The maximum absolute atomic E-state index is 12.8. The lowest BCUT2D eigenvalue weighted by Crippen LogP contribution is -2.09. The van der Waals surface area contributed by atoms with Gasteiger partial charge in [0.15, 0.2) is 0 Å². The summed E-state index contributed by atoms with van der Waals surface area (Å²) in [6, 6.07) is 37.3. The van der Waals surface area contributed by atoms with Crippen molar-refractivity contribution >= 4 is 36.8 Å². The van der Waals surface area contributed by atoms with Crippen LogP contribution in [0.3, 0.4) is 0 Å². The minimum Gasteiger partial charge on any atom is -0.311 e. The van der Waals surface area contributed by atoms with Gasteiger partial charge in [0, 0.05) is 17.1 Å². The summed E-state index contributed by atoms with van der Waals surface area (Å²) in [7, 11) is -3.10. The molecule has 4 aromatic carbocycles. The van der Waals surface area contributed by atoms with Crippen LogP contribution in [0.5, 0.6) is 0 Å². The molecule has 0 N–H and O–H groups in total. The van der Waals surface area contributed by atoms with Crippen molar-refractivity contribution in [2.24, 2.45) is 0 Å². The van der Waals surface area contributed by atoms with Gasteiger partial charge in [-0.15, -0.1) is 0 Å². The van der Waals surface area contributed by atoms with Crippen LogP contribution in [-0.2, 0) is 19.8 Å². The summed E-state index contributed by atoms with van der Waals surface area (Å²) in [6.45, 7) is 4.39. The smallest absolute Gasteiger partial charge is 0.311 e. The van der Waals surface area contributed by atoms with Crippen molar-refractivity contribution in [3.8, 4) is 0 Å². The molecule has 0 heterocycles. The van der Waals surface area contributed by atoms with Crippen LogP contribution in [0.1, 0.15) is 30.5 Å². The fourth-order valence-corrected chi connectivity index (χ4v) is 5.71. The number of anilines is 3. The minimum absolute atomic E-state index is 0.277. The molecule has 0 saturated carbocycles. The zero-order chi connectivity index (χ0) is 25.2. The molecular weight excluding hydrogens is 465 g/mol. The Morgan fingerprint density at radius 2 is 1.03 bits per heavy atom. The van der Waals surface area contributed by atoms with Gasteiger partial charge in [0.2, 0.25) is 0 Å². The maximum Gasteiger partial charge on any atom is 0.335 e. The first-order valence-corrected chi connectivity index (χ1v) is 14.0. The topological polar surface area (TPSA) is 38.8 Å². The Balaban J connectivity index is 1.48. The van der Waals surface area contributed by atoms with Crippen LogP contribution >= 0.6 is 7.60 Å². The van der Waals surface area contributed by atoms with Crippen LogP contribution < -0.4 is 4.90 Å². The van der Waals surface area contributed by atoms with Gasteiger partial charge in [0.25, 0.3) is 0 Å². The molecule has 4 rings (SSSR count). The third-order valence-electron chi connectivity index (χ3n) is 5.66. The molecule has 0 radical (unpaired) electrons. The lowest BCUT2D eigenvalue weighted by Gasteiger charge is -2.25. The summed E-state index contributed by atoms with van der Waals surface area (Å²) in [6.07, 6.45) is 4.45. The van der Waals surface area contributed by atoms with E-state index in [4.69, 9.17) is 9.05 Å². The molecule has 0 aromatic heterocycles. The first-order valence-electron chi connectivity index (χ1n) is 12.3. The van der Waals surface area contributed by atoms with Crippen LogP contribution in [-0.4, -0.2) is 13.2 Å². The van der Waals surface area contributed by atoms with E-state index < -0.39 is 7.60 Å². The van der Waals surface area contributed by atoms with Crippen LogP contribution in [0.15, 0.2) is 109 Å². The second-order valence-corrected chi connectivity index (χ2v) is 10.3. The zero-order valence-electron chi connectivity index (χ0n) is 20.8. The quantitative estimate of drug-likeness (QED) is 0.153. The number of hydrogen-bond acceptors (Lipinski definition) is 4. The number of rotatable bonds is 11. The zero-order valence-corrected chi connectivity index (χ0v) is 21.7. The van der Waals surface area contributed by atoms with E-state index in [1.165, 1.54) is 0 Å². The van der Waals surface area contributed by atoms with Crippen LogP contribution in [0, 0.1) is 0 Å². The summed E-state index contributed by atoms with van der Waals surface area (Å²) in [4.78, 5) is 2.25. The van der Waals surface area contributed by atoms with E-state index in [1.807, 2.05) is 50.2 Å². The highest BCUT2D eigenvalue weighted by atomic mass is 31.2. The number of nitrogens with zero attached hydrogens (tertiary/aromatic N) is 1. The highest BCUT2D eigenvalue weighted by Gasteiger charge is 2.23. The molecule has 0 fully saturated rings. The van der Waals surface area contributed by atoms with Gasteiger partial charge < -0.3 is 13.9 Å². The average Bonchev–Trinajstić information content (AvgIpc) is 2.91. The fraction of sp³-hybridized carbons (Fsp3) is 0.161. The monoisotopic (exact) mass is 497 g/mol. The molecule has 36 heavy (non-hydrogen) atoms. The molecule has 0 unspecified atom stereocenters. The standard InChI is InChI=1S/C31H32NO3P/c1-3-34-36(33,35-4-2)25-28-19-17-26(18-20-28)15-16-27-21-23-31(24-22-27)32(29-11-7-5-8-12-29)30-13-9-6-10-14-30/h5-24H,3-4,25H2,1-2H3/b16-15+. The van der Waals surface area contributed by atoms with Crippen molar-refractivity contribution in [2.75, 3.05) is 18.1 Å². The summed E-state index contributed by atoms with van der Waals surface area (Å²) in [5.74, 6) is 0.